The van der Waals surface area contributed by atoms with Crippen LogP contribution in [0, 0.1) is 18.3 Å². The van der Waals surface area contributed by atoms with Crippen molar-refractivity contribution in [3.05, 3.63) is 42.0 Å². The molecule has 0 bridgehead atoms. The minimum atomic E-state index is -0.197. The SMILES string of the molecule is C=C(C#N)[C@H](CCC)Oc1cccc(C)c1. The van der Waals surface area contributed by atoms with Gasteiger partial charge in [0.25, 0.3) is 0 Å². The van der Waals surface area contributed by atoms with Crippen LogP contribution in [-0.4, -0.2) is 6.10 Å². The van der Waals surface area contributed by atoms with Crippen molar-refractivity contribution in [1.82, 2.24) is 0 Å². The van der Waals surface area contributed by atoms with Crippen molar-refractivity contribution >= 4 is 0 Å². The Bertz CT molecular complexity index is 403. The van der Waals surface area contributed by atoms with Crippen LogP contribution in [0.25, 0.3) is 0 Å². The highest BCUT2D eigenvalue weighted by Gasteiger charge is 2.13. The molecule has 0 aliphatic heterocycles. The molecule has 0 unspecified atom stereocenters. The topological polar surface area (TPSA) is 33.0 Å². The standard InChI is InChI=1S/C14H17NO/c1-4-6-14(12(3)10-15)16-13-8-5-7-11(2)9-13/h5,7-9,14H,3-4,6H2,1-2H3/t14-/m0/s1. The predicted octanol–water partition coefficient (Wildman–Crippen LogP) is 3.62. The van der Waals surface area contributed by atoms with Gasteiger partial charge in [0.05, 0.1) is 11.6 Å². The van der Waals surface area contributed by atoms with Crippen LogP contribution < -0.4 is 4.74 Å². The minimum Gasteiger partial charge on any atom is -0.485 e. The van der Waals surface area contributed by atoms with Crippen molar-refractivity contribution in [3.63, 3.8) is 0 Å². The number of benzene rings is 1. The molecule has 0 aromatic heterocycles. The Kier molecular flexibility index (Phi) is 4.60. The molecule has 84 valence electrons. The van der Waals surface area contributed by atoms with E-state index in [9.17, 15) is 0 Å². The van der Waals surface area contributed by atoms with E-state index in [-0.39, 0.29) is 6.10 Å². The van der Waals surface area contributed by atoms with Crippen LogP contribution in [0.5, 0.6) is 5.75 Å². The fourth-order valence-electron chi connectivity index (χ4n) is 1.49. The molecule has 16 heavy (non-hydrogen) atoms. The molecule has 1 atom stereocenters. The Balaban J connectivity index is 2.76. The molecule has 1 aromatic rings. The van der Waals surface area contributed by atoms with E-state index >= 15 is 0 Å². The average Bonchev–Trinajstić information content (AvgIpc) is 2.27. The van der Waals surface area contributed by atoms with E-state index in [4.69, 9.17) is 10.00 Å². The average molecular weight is 215 g/mol. The molecule has 1 aromatic carbocycles. The molecule has 0 saturated carbocycles. The van der Waals surface area contributed by atoms with Crippen LogP contribution in [-0.2, 0) is 0 Å². The fraction of sp³-hybridized carbons (Fsp3) is 0.357. The van der Waals surface area contributed by atoms with Gasteiger partial charge < -0.3 is 4.74 Å². The molecular formula is C14H17NO. The zero-order chi connectivity index (χ0) is 12.0. The molecule has 0 N–H and O–H groups in total. The van der Waals surface area contributed by atoms with Crippen molar-refractivity contribution in [3.8, 4) is 11.8 Å². The van der Waals surface area contributed by atoms with Gasteiger partial charge in [0.1, 0.15) is 11.9 Å². The summed E-state index contributed by atoms with van der Waals surface area (Å²) in [5.74, 6) is 0.801. The summed E-state index contributed by atoms with van der Waals surface area (Å²) in [5.41, 5.74) is 1.64. The van der Waals surface area contributed by atoms with Gasteiger partial charge in [-0.3, -0.25) is 0 Å². The molecule has 0 fully saturated rings. The quantitative estimate of drug-likeness (QED) is 0.703. The number of hydrogen-bond donors (Lipinski definition) is 0. The normalized spacial score (nSPS) is 11.6. The van der Waals surface area contributed by atoms with Gasteiger partial charge in [0.2, 0.25) is 0 Å². The lowest BCUT2D eigenvalue weighted by molar-refractivity contribution is 0.230. The molecule has 0 amide bonds. The van der Waals surface area contributed by atoms with E-state index in [2.05, 4.69) is 19.6 Å². The summed E-state index contributed by atoms with van der Waals surface area (Å²) >= 11 is 0. The molecule has 0 aliphatic carbocycles. The number of hydrogen-bond acceptors (Lipinski definition) is 2. The predicted molar refractivity (Wildman–Crippen MR) is 65.3 cm³/mol. The van der Waals surface area contributed by atoms with Crippen LogP contribution in [0.4, 0.5) is 0 Å². The minimum absolute atomic E-state index is 0.197. The highest BCUT2D eigenvalue weighted by Crippen LogP contribution is 2.19. The molecule has 2 heteroatoms. The van der Waals surface area contributed by atoms with E-state index in [1.54, 1.807) is 0 Å². The number of nitrogens with zero attached hydrogens (tertiary/aromatic N) is 1. The lowest BCUT2D eigenvalue weighted by atomic mass is 10.1. The van der Waals surface area contributed by atoms with Gasteiger partial charge in [-0.25, -0.2) is 0 Å². The summed E-state index contributed by atoms with van der Waals surface area (Å²) in [5, 5.41) is 8.83. The number of aryl methyl sites for hydroxylation is 1. The molecule has 0 heterocycles. The lowest BCUT2D eigenvalue weighted by Crippen LogP contribution is -2.17. The Hall–Kier alpha value is -1.75. The molecule has 0 aliphatic rings. The zero-order valence-electron chi connectivity index (χ0n) is 9.86. The number of rotatable bonds is 5. The summed E-state index contributed by atoms with van der Waals surface area (Å²) in [6, 6.07) is 9.90. The first kappa shape index (κ1) is 12.3. The smallest absolute Gasteiger partial charge is 0.133 e. The van der Waals surface area contributed by atoms with Gasteiger partial charge in [-0.15, -0.1) is 0 Å². The van der Waals surface area contributed by atoms with E-state index in [1.807, 2.05) is 31.2 Å². The van der Waals surface area contributed by atoms with Gasteiger partial charge >= 0.3 is 0 Å². The fourth-order valence-corrected chi connectivity index (χ4v) is 1.49. The van der Waals surface area contributed by atoms with Crippen molar-refractivity contribution < 1.29 is 4.74 Å². The first-order chi connectivity index (χ1) is 7.67. The maximum absolute atomic E-state index is 8.83. The second-order valence-corrected chi connectivity index (χ2v) is 3.85. The molecular weight excluding hydrogens is 198 g/mol. The summed E-state index contributed by atoms with van der Waals surface area (Å²) in [7, 11) is 0. The van der Waals surface area contributed by atoms with E-state index in [0.717, 1.165) is 24.2 Å². The first-order valence-corrected chi connectivity index (χ1v) is 5.49. The number of ether oxygens (including phenoxy) is 1. The van der Waals surface area contributed by atoms with Crippen LogP contribution in [0.15, 0.2) is 36.4 Å². The summed E-state index contributed by atoms with van der Waals surface area (Å²) < 4.78 is 5.77. The van der Waals surface area contributed by atoms with E-state index in [1.165, 1.54) is 0 Å². The third-order valence-corrected chi connectivity index (χ3v) is 2.35. The van der Waals surface area contributed by atoms with Gasteiger partial charge in [0.15, 0.2) is 0 Å². The second-order valence-electron chi connectivity index (χ2n) is 3.85. The van der Waals surface area contributed by atoms with Crippen LogP contribution in [0.1, 0.15) is 25.3 Å². The molecule has 0 radical (unpaired) electrons. The van der Waals surface area contributed by atoms with Crippen molar-refractivity contribution in [2.24, 2.45) is 0 Å². The summed E-state index contributed by atoms with van der Waals surface area (Å²) in [6.07, 6.45) is 1.59. The second kappa shape index (κ2) is 5.97. The Morgan fingerprint density at radius 1 is 1.56 bits per heavy atom. The third kappa shape index (κ3) is 3.43. The van der Waals surface area contributed by atoms with Crippen molar-refractivity contribution in [2.45, 2.75) is 32.8 Å². The third-order valence-electron chi connectivity index (χ3n) is 2.35. The van der Waals surface area contributed by atoms with Gasteiger partial charge in [0, 0.05) is 0 Å². The Morgan fingerprint density at radius 2 is 2.31 bits per heavy atom. The van der Waals surface area contributed by atoms with E-state index in [0.29, 0.717) is 5.57 Å². The van der Waals surface area contributed by atoms with Gasteiger partial charge in [-0.1, -0.05) is 32.1 Å². The van der Waals surface area contributed by atoms with E-state index < -0.39 is 0 Å². The van der Waals surface area contributed by atoms with Crippen LogP contribution in [0.2, 0.25) is 0 Å². The number of nitriles is 1. The lowest BCUT2D eigenvalue weighted by Gasteiger charge is -2.17. The monoisotopic (exact) mass is 215 g/mol. The van der Waals surface area contributed by atoms with Crippen molar-refractivity contribution in [2.75, 3.05) is 0 Å². The maximum Gasteiger partial charge on any atom is 0.133 e. The first-order valence-electron chi connectivity index (χ1n) is 5.49. The largest absolute Gasteiger partial charge is 0.485 e. The summed E-state index contributed by atoms with van der Waals surface area (Å²) in [6.45, 7) is 7.81. The van der Waals surface area contributed by atoms with Crippen LogP contribution >= 0.6 is 0 Å². The zero-order valence-corrected chi connectivity index (χ0v) is 9.86. The molecule has 0 spiro atoms. The Morgan fingerprint density at radius 3 is 2.88 bits per heavy atom. The van der Waals surface area contributed by atoms with Crippen LogP contribution in [0.3, 0.4) is 0 Å². The highest BCUT2D eigenvalue weighted by atomic mass is 16.5. The highest BCUT2D eigenvalue weighted by molar-refractivity contribution is 5.30. The van der Waals surface area contributed by atoms with Gasteiger partial charge in [-0.05, 0) is 31.0 Å². The molecule has 1 rings (SSSR count). The summed E-state index contributed by atoms with van der Waals surface area (Å²) in [4.78, 5) is 0. The maximum atomic E-state index is 8.83. The van der Waals surface area contributed by atoms with Gasteiger partial charge in [-0.2, -0.15) is 5.26 Å². The Labute approximate surface area is 97.2 Å². The molecule has 0 saturated heterocycles. The molecule has 2 nitrogen and oxygen atoms in total. The van der Waals surface area contributed by atoms with Crippen molar-refractivity contribution in [1.29, 1.82) is 5.26 Å².